The largest absolute Gasteiger partial charge is 0.289 e. The van der Waals surface area contributed by atoms with Gasteiger partial charge >= 0.3 is 0 Å². The summed E-state index contributed by atoms with van der Waals surface area (Å²) in [6.45, 7) is 0. The van der Waals surface area contributed by atoms with Gasteiger partial charge in [0, 0.05) is 33.6 Å². The minimum atomic E-state index is -2.60. The summed E-state index contributed by atoms with van der Waals surface area (Å²) in [5, 5.41) is 0. The fourth-order valence-electron chi connectivity index (χ4n) is 1.51. The van der Waals surface area contributed by atoms with E-state index in [1.165, 1.54) is 30.6 Å². The monoisotopic (exact) mass is 311 g/mol. The van der Waals surface area contributed by atoms with Crippen LogP contribution in [0.25, 0.3) is 0 Å². The van der Waals surface area contributed by atoms with Crippen LogP contribution in [0, 0.1) is 0 Å². The fraction of sp³-hybridized carbons (Fsp3) is 0.0769. The Morgan fingerprint density at radius 3 is 2.44 bits per heavy atom. The second-order valence-corrected chi connectivity index (χ2v) is 4.46. The number of halogens is 3. The van der Waals surface area contributed by atoms with Crippen molar-refractivity contribution in [3.8, 4) is 0 Å². The standard InChI is InChI=1S/C13H8BrF2NO/c14-11-2-1-9(13(15)16)7-10(11)12(18)8-3-5-17-6-4-8/h1-7,13H. The average molecular weight is 312 g/mol. The molecule has 2 nitrogen and oxygen atoms in total. The molecule has 5 heteroatoms. The molecule has 0 spiro atoms. The molecule has 0 bridgehead atoms. The van der Waals surface area contributed by atoms with Crippen LogP contribution in [0.15, 0.2) is 47.2 Å². The lowest BCUT2D eigenvalue weighted by Crippen LogP contribution is -2.03. The third-order valence-electron chi connectivity index (χ3n) is 2.43. The predicted octanol–water partition coefficient (Wildman–Crippen LogP) is 4.01. The molecule has 1 aromatic carbocycles. The number of hydrogen-bond donors (Lipinski definition) is 0. The van der Waals surface area contributed by atoms with E-state index in [2.05, 4.69) is 20.9 Å². The Labute approximate surface area is 111 Å². The summed E-state index contributed by atoms with van der Waals surface area (Å²) >= 11 is 3.20. The minimum Gasteiger partial charge on any atom is -0.289 e. The van der Waals surface area contributed by atoms with Crippen LogP contribution < -0.4 is 0 Å². The van der Waals surface area contributed by atoms with Crippen molar-refractivity contribution < 1.29 is 13.6 Å². The molecule has 0 fully saturated rings. The first-order valence-corrected chi connectivity index (χ1v) is 5.91. The van der Waals surface area contributed by atoms with Gasteiger partial charge < -0.3 is 0 Å². The minimum absolute atomic E-state index is 0.171. The van der Waals surface area contributed by atoms with Crippen LogP contribution in [0.1, 0.15) is 27.9 Å². The highest BCUT2D eigenvalue weighted by atomic mass is 79.9. The topological polar surface area (TPSA) is 30.0 Å². The molecule has 0 atom stereocenters. The number of rotatable bonds is 3. The Morgan fingerprint density at radius 1 is 1.17 bits per heavy atom. The molecule has 2 aromatic rings. The molecule has 0 aliphatic carbocycles. The molecule has 0 saturated heterocycles. The zero-order valence-corrected chi connectivity index (χ0v) is 10.7. The van der Waals surface area contributed by atoms with Gasteiger partial charge in [0.25, 0.3) is 6.43 Å². The number of carbonyl (C=O) groups is 1. The average Bonchev–Trinajstić information content (AvgIpc) is 2.39. The van der Waals surface area contributed by atoms with E-state index in [1.807, 2.05) is 0 Å². The van der Waals surface area contributed by atoms with Gasteiger partial charge in [-0.05, 0) is 24.3 Å². The van der Waals surface area contributed by atoms with Crippen LogP contribution in [0.4, 0.5) is 8.78 Å². The van der Waals surface area contributed by atoms with Crippen molar-refractivity contribution >= 4 is 21.7 Å². The zero-order chi connectivity index (χ0) is 13.1. The third kappa shape index (κ3) is 2.61. The molecule has 0 aliphatic rings. The summed E-state index contributed by atoms with van der Waals surface area (Å²) in [4.78, 5) is 15.9. The molecule has 1 heterocycles. The summed E-state index contributed by atoms with van der Waals surface area (Å²) < 4.78 is 25.7. The Bertz CT molecular complexity index is 572. The number of ketones is 1. The molecule has 18 heavy (non-hydrogen) atoms. The second-order valence-electron chi connectivity index (χ2n) is 3.60. The molecule has 0 N–H and O–H groups in total. The van der Waals surface area contributed by atoms with Gasteiger partial charge in [0.1, 0.15) is 0 Å². The summed E-state index contributed by atoms with van der Waals surface area (Å²) in [6, 6.07) is 7.04. The molecular formula is C13H8BrF2NO. The lowest BCUT2D eigenvalue weighted by molar-refractivity contribution is 0.103. The summed E-state index contributed by atoms with van der Waals surface area (Å²) in [7, 11) is 0. The Hall–Kier alpha value is -1.62. The number of hydrogen-bond acceptors (Lipinski definition) is 2. The lowest BCUT2D eigenvalue weighted by Gasteiger charge is -2.06. The van der Waals surface area contributed by atoms with E-state index in [1.54, 1.807) is 12.1 Å². The first-order valence-electron chi connectivity index (χ1n) is 5.12. The Kier molecular flexibility index (Phi) is 3.81. The van der Waals surface area contributed by atoms with E-state index in [9.17, 15) is 13.6 Å². The predicted molar refractivity (Wildman–Crippen MR) is 66.8 cm³/mol. The summed E-state index contributed by atoms with van der Waals surface area (Å²) in [5.41, 5.74) is 0.465. The maximum atomic E-state index is 12.6. The molecule has 92 valence electrons. The van der Waals surface area contributed by atoms with Crippen molar-refractivity contribution in [3.63, 3.8) is 0 Å². The quantitative estimate of drug-likeness (QED) is 0.802. The van der Waals surface area contributed by atoms with Crippen LogP contribution in [0.5, 0.6) is 0 Å². The fourth-order valence-corrected chi connectivity index (χ4v) is 1.94. The molecule has 1 aromatic heterocycles. The van der Waals surface area contributed by atoms with Crippen molar-refractivity contribution in [2.45, 2.75) is 6.43 Å². The number of benzene rings is 1. The highest BCUT2D eigenvalue weighted by molar-refractivity contribution is 9.10. The Balaban J connectivity index is 2.45. The molecular weight excluding hydrogens is 304 g/mol. The van der Waals surface area contributed by atoms with Crippen LogP contribution in [-0.4, -0.2) is 10.8 Å². The van der Waals surface area contributed by atoms with Crippen LogP contribution in [-0.2, 0) is 0 Å². The number of alkyl halides is 2. The zero-order valence-electron chi connectivity index (χ0n) is 9.11. The highest BCUT2D eigenvalue weighted by Gasteiger charge is 2.16. The van der Waals surface area contributed by atoms with Gasteiger partial charge in [0.2, 0.25) is 0 Å². The van der Waals surface area contributed by atoms with E-state index < -0.39 is 6.43 Å². The van der Waals surface area contributed by atoms with E-state index in [4.69, 9.17) is 0 Å². The van der Waals surface area contributed by atoms with E-state index in [0.29, 0.717) is 10.0 Å². The third-order valence-corrected chi connectivity index (χ3v) is 3.12. The first kappa shape index (κ1) is 12.8. The van der Waals surface area contributed by atoms with Gasteiger partial charge in [-0.2, -0.15) is 0 Å². The van der Waals surface area contributed by atoms with E-state index in [0.717, 1.165) is 0 Å². The van der Waals surface area contributed by atoms with Crippen LogP contribution in [0.3, 0.4) is 0 Å². The van der Waals surface area contributed by atoms with Gasteiger partial charge in [0.05, 0.1) is 0 Å². The van der Waals surface area contributed by atoms with Gasteiger partial charge in [0.15, 0.2) is 5.78 Å². The smallest absolute Gasteiger partial charge is 0.263 e. The molecule has 0 aliphatic heterocycles. The van der Waals surface area contributed by atoms with E-state index in [-0.39, 0.29) is 16.9 Å². The van der Waals surface area contributed by atoms with Crippen molar-refractivity contribution in [3.05, 3.63) is 63.9 Å². The van der Waals surface area contributed by atoms with Crippen LogP contribution in [0.2, 0.25) is 0 Å². The summed E-state index contributed by atoms with van der Waals surface area (Å²) in [5.74, 6) is -0.313. The normalized spacial score (nSPS) is 10.7. The molecule has 2 rings (SSSR count). The summed E-state index contributed by atoms with van der Waals surface area (Å²) in [6.07, 6.45) is 0.373. The maximum absolute atomic E-state index is 12.6. The SMILES string of the molecule is O=C(c1ccncc1)c1cc(C(F)F)ccc1Br. The van der Waals surface area contributed by atoms with Crippen molar-refractivity contribution in [1.82, 2.24) is 4.98 Å². The highest BCUT2D eigenvalue weighted by Crippen LogP contribution is 2.26. The van der Waals surface area contributed by atoms with Crippen LogP contribution >= 0.6 is 15.9 Å². The van der Waals surface area contributed by atoms with Crippen molar-refractivity contribution in [2.75, 3.05) is 0 Å². The van der Waals surface area contributed by atoms with Gasteiger partial charge in [-0.15, -0.1) is 0 Å². The molecule has 0 saturated carbocycles. The second kappa shape index (κ2) is 5.35. The Morgan fingerprint density at radius 2 is 1.83 bits per heavy atom. The molecule has 0 amide bonds. The first-order chi connectivity index (χ1) is 8.59. The van der Waals surface area contributed by atoms with Gasteiger partial charge in [-0.1, -0.05) is 22.0 Å². The number of carbonyl (C=O) groups excluding carboxylic acids is 1. The van der Waals surface area contributed by atoms with Gasteiger partial charge in [-0.25, -0.2) is 8.78 Å². The molecule has 0 unspecified atom stereocenters. The molecule has 0 radical (unpaired) electrons. The lowest BCUT2D eigenvalue weighted by atomic mass is 10.0. The van der Waals surface area contributed by atoms with E-state index >= 15 is 0 Å². The van der Waals surface area contributed by atoms with Crippen molar-refractivity contribution in [1.29, 1.82) is 0 Å². The number of aromatic nitrogens is 1. The van der Waals surface area contributed by atoms with Crippen molar-refractivity contribution in [2.24, 2.45) is 0 Å². The maximum Gasteiger partial charge on any atom is 0.263 e. The number of nitrogens with zero attached hydrogens (tertiary/aromatic N) is 1. The van der Waals surface area contributed by atoms with Gasteiger partial charge in [-0.3, -0.25) is 9.78 Å². The number of pyridine rings is 1.